The van der Waals surface area contributed by atoms with Gasteiger partial charge in [0.15, 0.2) is 0 Å². The largest absolute Gasteiger partial charge is 0.391 e. The van der Waals surface area contributed by atoms with Gasteiger partial charge in [-0.25, -0.2) is 4.98 Å². The highest BCUT2D eigenvalue weighted by molar-refractivity contribution is 5.60. The Hall–Kier alpha value is -1.96. The third-order valence-corrected chi connectivity index (χ3v) is 2.55. The van der Waals surface area contributed by atoms with Crippen molar-refractivity contribution in [3.8, 4) is 0 Å². The standard InChI is InChI=1S/C11H19N5O3/c1-4-8(17)6-13-10-9(16(18)19)7(3)14-11(15-10)12-5-2/h8,17H,4-6H2,1-3H3,(H2,12,13,14,15). The van der Waals surface area contributed by atoms with Gasteiger partial charge in [-0.2, -0.15) is 4.98 Å². The van der Waals surface area contributed by atoms with Crippen LogP contribution in [-0.4, -0.2) is 39.2 Å². The van der Waals surface area contributed by atoms with Crippen molar-refractivity contribution in [1.82, 2.24) is 9.97 Å². The molecule has 0 bridgehead atoms. The van der Waals surface area contributed by atoms with Crippen molar-refractivity contribution in [2.75, 3.05) is 23.7 Å². The Morgan fingerprint density at radius 1 is 1.37 bits per heavy atom. The Morgan fingerprint density at radius 2 is 2.05 bits per heavy atom. The van der Waals surface area contributed by atoms with Crippen LogP contribution >= 0.6 is 0 Å². The molecule has 0 saturated heterocycles. The molecule has 1 rings (SSSR count). The average molecular weight is 269 g/mol. The van der Waals surface area contributed by atoms with Crippen molar-refractivity contribution in [3.05, 3.63) is 15.8 Å². The fourth-order valence-corrected chi connectivity index (χ4v) is 1.50. The van der Waals surface area contributed by atoms with Gasteiger partial charge in [0.05, 0.1) is 11.0 Å². The highest BCUT2D eigenvalue weighted by atomic mass is 16.6. The van der Waals surface area contributed by atoms with E-state index >= 15 is 0 Å². The van der Waals surface area contributed by atoms with Gasteiger partial charge in [-0.05, 0) is 20.3 Å². The molecule has 8 heteroatoms. The van der Waals surface area contributed by atoms with E-state index in [-0.39, 0.29) is 23.7 Å². The molecular formula is C11H19N5O3. The predicted molar refractivity (Wildman–Crippen MR) is 72.4 cm³/mol. The quantitative estimate of drug-likeness (QED) is 0.505. The molecular weight excluding hydrogens is 250 g/mol. The number of nitro groups is 1. The number of anilines is 2. The monoisotopic (exact) mass is 269 g/mol. The number of aromatic nitrogens is 2. The molecule has 1 atom stereocenters. The molecule has 8 nitrogen and oxygen atoms in total. The van der Waals surface area contributed by atoms with E-state index in [0.717, 1.165) is 0 Å². The van der Waals surface area contributed by atoms with Crippen molar-refractivity contribution in [2.24, 2.45) is 0 Å². The molecule has 0 aliphatic heterocycles. The van der Waals surface area contributed by atoms with Crippen molar-refractivity contribution >= 4 is 17.5 Å². The van der Waals surface area contributed by atoms with Crippen LogP contribution in [-0.2, 0) is 0 Å². The van der Waals surface area contributed by atoms with Crippen LogP contribution in [0.25, 0.3) is 0 Å². The van der Waals surface area contributed by atoms with E-state index < -0.39 is 11.0 Å². The number of aliphatic hydroxyl groups excluding tert-OH is 1. The summed E-state index contributed by atoms with van der Waals surface area (Å²) in [5.41, 5.74) is 0.120. The maximum absolute atomic E-state index is 11.0. The van der Waals surface area contributed by atoms with Crippen LogP contribution in [0, 0.1) is 17.0 Å². The Labute approximate surface area is 111 Å². The van der Waals surface area contributed by atoms with Crippen LogP contribution in [0.5, 0.6) is 0 Å². The van der Waals surface area contributed by atoms with Gasteiger partial charge in [-0.3, -0.25) is 10.1 Å². The van der Waals surface area contributed by atoms with E-state index in [1.165, 1.54) is 0 Å². The normalized spacial score (nSPS) is 12.0. The molecule has 0 radical (unpaired) electrons. The SMILES string of the molecule is CCNc1nc(C)c([N+](=O)[O-])c(NCC(O)CC)n1. The lowest BCUT2D eigenvalue weighted by atomic mass is 10.2. The van der Waals surface area contributed by atoms with Gasteiger partial charge < -0.3 is 15.7 Å². The van der Waals surface area contributed by atoms with Crippen LogP contribution < -0.4 is 10.6 Å². The molecule has 3 N–H and O–H groups in total. The smallest absolute Gasteiger partial charge is 0.332 e. The van der Waals surface area contributed by atoms with E-state index in [2.05, 4.69) is 20.6 Å². The highest BCUT2D eigenvalue weighted by Crippen LogP contribution is 2.26. The van der Waals surface area contributed by atoms with Gasteiger partial charge in [0.2, 0.25) is 11.8 Å². The number of aliphatic hydroxyl groups is 1. The second-order valence-electron chi connectivity index (χ2n) is 4.06. The van der Waals surface area contributed by atoms with E-state index in [1.807, 2.05) is 13.8 Å². The number of nitrogens with one attached hydrogen (secondary N) is 2. The Morgan fingerprint density at radius 3 is 2.58 bits per heavy atom. The Balaban J connectivity index is 3.05. The summed E-state index contributed by atoms with van der Waals surface area (Å²) in [5, 5.41) is 26.2. The Kier molecular flexibility index (Phi) is 5.43. The number of rotatable bonds is 7. The van der Waals surface area contributed by atoms with Crippen LogP contribution in [0.2, 0.25) is 0 Å². The zero-order valence-corrected chi connectivity index (χ0v) is 11.3. The summed E-state index contributed by atoms with van der Waals surface area (Å²) in [6, 6.07) is 0. The minimum absolute atomic E-state index is 0.126. The second kappa shape index (κ2) is 6.83. The summed E-state index contributed by atoms with van der Waals surface area (Å²) in [6.45, 7) is 6.10. The molecule has 1 unspecified atom stereocenters. The molecule has 0 amide bonds. The summed E-state index contributed by atoms with van der Waals surface area (Å²) in [6.07, 6.45) is -0.0113. The first-order valence-electron chi connectivity index (χ1n) is 6.18. The maximum atomic E-state index is 11.0. The number of nitrogens with zero attached hydrogens (tertiary/aromatic N) is 3. The van der Waals surface area contributed by atoms with Gasteiger partial charge in [0.1, 0.15) is 5.69 Å². The first-order valence-corrected chi connectivity index (χ1v) is 6.18. The lowest BCUT2D eigenvalue weighted by Gasteiger charge is -2.12. The molecule has 0 saturated carbocycles. The fraction of sp³-hybridized carbons (Fsp3) is 0.636. The van der Waals surface area contributed by atoms with Crippen molar-refractivity contribution in [3.63, 3.8) is 0 Å². The predicted octanol–water partition coefficient (Wildman–Crippen LogP) is 1.31. The molecule has 0 fully saturated rings. The zero-order chi connectivity index (χ0) is 14.4. The van der Waals surface area contributed by atoms with E-state index in [0.29, 0.717) is 18.9 Å². The molecule has 1 aromatic rings. The number of hydrogen-bond acceptors (Lipinski definition) is 7. The molecule has 1 aromatic heterocycles. The average Bonchev–Trinajstić information content (AvgIpc) is 2.35. The summed E-state index contributed by atoms with van der Waals surface area (Å²) >= 11 is 0. The molecule has 1 heterocycles. The second-order valence-corrected chi connectivity index (χ2v) is 4.06. The van der Waals surface area contributed by atoms with E-state index in [4.69, 9.17) is 0 Å². The minimum Gasteiger partial charge on any atom is -0.391 e. The van der Waals surface area contributed by atoms with Crippen LogP contribution in [0.3, 0.4) is 0 Å². The third-order valence-electron chi connectivity index (χ3n) is 2.55. The fourth-order valence-electron chi connectivity index (χ4n) is 1.50. The molecule has 0 spiro atoms. The van der Waals surface area contributed by atoms with Gasteiger partial charge in [-0.15, -0.1) is 0 Å². The number of aryl methyl sites for hydroxylation is 1. The van der Waals surface area contributed by atoms with Gasteiger partial charge in [-0.1, -0.05) is 6.92 Å². The number of hydrogen-bond donors (Lipinski definition) is 3. The van der Waals surface area contributed by atoms with Crippen LogP contribution in [0.15, 0.2) is 0 Å². The first kappa shape index (κ1) is 15.1. The van der Waals surface area contributed by atoms with Gasteiger partial charge in [0.25, 0.3) is 0 Å². The minimum atomic E-state index is -0.572. The lowest BCUT2D eigenvalue weighted by molar-refractivity contribution is -0.385. The van der Waals surface area contributed by atoms with Crippen molar-refractivity contribution in [1.29, 1.82) is 0 Å². The summed E-state index contributed by atoms with van der Waals surface area (Å²) < 4.78 is 0. The Bertz CT molecular complexity index is 452. The van der Waals surface area contributed by atoms with Crippen LogP contribution in [0.1, 0.15) is 26.0 Å². The van der Waals surface area contributed by atoms with E-state index in [1.54, 1.807) is 6.92 Å². The zero-order valence-electron chi connectivity index (χ0n) is 11.3. The first-order chi connectivity index (χ1) is 8.99. The third kappa shape index (κ3) is 4.02. The van der Waals surface area contributed by atoms with E-state index in [9.17, 15) is 15.2 Å². The molecule has 0 aliphatic rings. The molecule has 0 aliphatic carbocycles. The summed E-state index contributed by atoms with van der Waals surface area (Å²) in [5.74, 6) is 0.458. The molecule has 106 valence electrons. The summed E-state index contributed by atoms with van der Waals surface area (Å²) in [4.78, 5) is 18.6. The van der Waals surface area contributed by atoms with Crippen LogP contribution in [0.4, 0.5) is 17.5 Å². The van der Waals surface area contributed by atoms with Gasteiger partial charge in [0, 0.05) is 13.1 Å². The highest BCUT2D eigenvalue weighted by Gasteiger charge is 2.22. The summed E-state index contributed by atoms with van der Waals surface area (Å²) in [7, 11) is 0. The lowest BCUT2D eigenvalue weighted by Crippen LogP contribution is -2.20. The topological polar surface area (TPSA) is 113 Å². The van der Waals surface area contributed by atoms with Crippen molar-refractivity contribution in [2.45, 2.75) is 33.3 Å². The van der Waals surface area contributed by atoms with Gasteiger partial charge >= 0.3 is 5.69 Å². The molecule has 19 heavy (non-hydrogen) atoms. The maximum Gasteiger partial charge on any atom is 0.332 e. The molecule has 0 aromatic carbocycles. The van der Waals surface area contributed by atoms with Crippen molar-refractivity contribution < 1.29 is 10.0 Å².